The van der Waals surface area contributed by atoms with Gasteiger partial charge in [0.25, 0.3) is 0 Å². The Morgan fingerprint density at radius 3 is 0.875 bits per heavy atom. The highest BCUT2D eigenvalue weighted by atomic mass is 16.5. The molecule has 0 radical (unpaired) electrons. The Balaban J connectivity index is 0.000000198. The zero-order valence-electron chi connectivity index (χ0n) is 81.7. The first-order valence-electron chi connectivity index (χ1n) is 45.3. The Bertz CT molecular complexity index is 6080. The first kappa shape index (κ1) is 106. The molecule has 15 N–H and O–H groups in total. The summed E-state index contributed by atoms with van der Waals surface area (Å²) in [5.74, 6) is 5.25. The number of aryl methyl sites for hydroxylation is 7. The number of benzene rings is 14. The van der Waals surface area contributed by atoms with E-state index in [4.69, 9.17) is 29.9 Å². The second-order valence-corrected chi connectivity index (χ2v) is 36.3. The minimum Gasteiger partial charge on any atom is -0.508 e. The molecule has 0 fully saturated rings. The quantitative estimate of drug-likeness (QED) is 0.0104. The van der Waals surface area contributed by atoms with E-state index in [0.29, 0.717) is 64.4 Å². The van der Waals surface area contributed by atoms with Gasteiger partial charge in [0, 0.05) is 40.0 Å². The molecule has 0 heterocycles. The molecule has 14 rings (SSSR count). The largest absolute Gasteiger partial charge is 0.508 e. The number of Topliss-reactive ketones (excluding diaryl/α,β-unsaturated/α-hetero) is 2. The first-order valence-corrected chi connectivity index (χ1v) is 45.3. The third kappa shape index (κ3) is 28.3. The van der Waals surface area contributed by atoms with Crippen molar-refractivity contribution >= 4 is 11.6 Å². The maximum atomic E-state index is 12.4. The summed E-state index contributed by atoms with van der Waals surface area (Å²) >= 11 is 0. The van der Waals surface area contributed by atoms with Crippen LogP contribution in [0.1, 0.15) is 251 Å². The van der Waals surface area contributed by atoms with Crippen LogP contribution in [0.4, 0.5) is 0 Å². The summed E-state index contributed by atoms with van der Waals surface area (Å²) in [6.07, 6.45) is -0.275. The average Bonchev–Trinajstić information content (AvgIpc) is 0.760. The van der Waals surface area contributed by atoms with Gasteiger partial charge >= 0.3 is 0 Å². The third-order valence-corrected chi connectivity index (χ3v) is 24.5. The van der Waals surface area contributed by atoms with Gasteiger partial charge in [0.1, 0.15) is 111 Å². The van der Waals surface area contributed by atoms with Crippen LogP contribution in [0.2, 0.25) is 0 Å². The van der Waals surface area contributed by atoms with Crippen LogP contribution in [0.15, 0.2) is 261 Å². The van der Waals surface area contributed by atoms with E-state index in [1.54, 1.807) is 123 Å². The van der Waals surface area contributed by atoms with E-state index in [1.807, 2.05) is 159 Å². The number of ether oxygens (including phenoxy) is 2. The van der Waals surface area contributed by atoms with Crippen molar-refractivity contribution in [1.82, 2.24) is 0 Å². The van der Waals surface area contributed by atoms with Gasteiger partial charge in [-0.25, -0.2) is 0 Å². The molecule has 0 aromatic heterocycles. The molecule has 0 saturated carbocycles. The summed E-state index contributed by atoms with van der Waals surface area (Å²) < 4.78 is 10.8. The smallest absolute Gasteiger partial charge is 0.170 e. The predicted octanol–water partition coefficient (Wildman–Crippen LogP) is 27.1. The van der Waals surface area contributed by atoms with Crippen molar-refractivity contribution in [2.24, 2.45) is 0 Å². The van der Waals surface area contributed by atoms with Crippen molar-refractivity contribution in [2.45, 2.75) is 192 Å². The normalized spacial score (nSPS) is 11.0. The SMILES string of the molecule is CC(C)c1ccc(C(=O)CC(=O)c2ccc(O)c(C(C)C)c2)cc1O.Cc1c(O)ccc(O)c1C.Cc1cc(C(C)(C)c2ccc(O)c(C)c2)ccc1O.Cc1cc(C(C)(c2ccc(O)c(C)c2)c2ccc(O)c(C)c2)ccc1O.Cc1cc(O)c(C(C)C)cc1C(C)c1cc(C(C)C)c(O)cc1C.Oc1ccc(-c2ccc(O)cc2)cc1.Oc1cccc(OCCOc2cccc(O)c2)c1. The number of carbonyl (C=O) groups is 2. The average molecular weight is 1840 g/mol. The standard InChI is InChI=1S/C23H24O3.C22H30O2.C21H24O4.C17H20O2.C14H14O4.C12H10O2.C8H10O2/c1-14-11-17(5-8-20(14)24)23(4,18-6-9-21(25)15(2)12-18)19-7-10-22(26)16(3)13-19;1-12(2)17-10-19(14(5)8-21(17)23)16(7)20-11-18(13(3)4)22(24)9-15(20)6;1-12(2)16-7-5-15(10-21(16)25)20(24)11-19(23)14-6-8-18(22)17(9-14)13(3)4;1-11-9-13(5-7-15(11)18)17(3,4)14-6-8-16(19)12(2)10-14;15-11-3-1-5-13(9-11)17-7-8-18-14-6-2-4-12(16)10-14;13-11-5-1-9(2-6-11)10-3-7-12(14)8-4-10;1-5-6(2)8(10)4-3-7(5)9/h5-13,24-26H,1-4H3;8-13,16,23-24H,1-7H3;5-10,12-13,22,25H,11H2,1-4H3;5-10,18-19H,1-4H3;1-6,9-10,15-16H,7-8H2;1-8,13-14H;3-4,9-10H,1-2H3. The van der Waals surface area contributed by atoms with Crippen LogP contribution in [0.25, 0.3) is 11.1 Å². The van der Waals surface area contributed by atoms with Crippen LogP contribution in [-0.4, -0.2) is 101 Å². The van der Waals surface area contributed by atoms with E-state index < -0.39 is 5.41 Å². The van der Waals surface area contributed by atoms with Gasteiger partial charge in [0.05, 0.1) is 6.42 Å². The van der Waals surface area contributed by atoms with E-state index in [1.165, 1.54) is 53.6 Å². The molecular formula is C117H132O19. The highest BCUT2D eigenvalue weighted by molar-refractivity contribution is 6.13. The molecule has 0 aliphatic rings. The van der Waals surface area contributed by atoms with Crippen molar-refractivity contribution in [3.63, 3.8) is 0 Å². The summed E-state index contributed by atoms with van der Waals surface area (Å²) in [7, 11) is 0. The molecule has 0 aliphatic heterocycles. The number of phenolic OH excluding ortho intramolecular Hbond substituents is 15. The minimum absolute atomic E-state index is 0.0695. The molecular weight excluding hydrogens is 1710 g/mol. The van der Waals surface area contributed by atoms with E-state index in [9.17, 15) is 65.8 Å². The summed E-state index contributed by atoms with van der Waals surface area (Å²) in [6.45, 7) is 42.6. The summed E-state index contributed by atoms with van der Waals surface area (Å²) in [4.78, 5) is 24.8. The van der Waals surface area contributed by atoms with Crippen molar-refractivity contribution in [3.8, 4) is 109 Å². The number of aromatic hydroxyl groups is 15. The molecule has 14 aromatic rings. The zero-order chi connectivity index (χ0) is 101. The highest BCUT2D eigenvalue weighted by Gasteiger charge is 2.33. The fourth-order valence-corrected chi connectivity index (χ4v) is 15.4. The maximum Gasteiger partial charge on any atom is 0.170 e. The van der Waals surface area contributed by atoms with Crippen LogP contribution in [0.3, 0.4) is 0 Å². The summed E-state index contributed by atoms with van der Waals surface area (Å²) in [6, 6.07) is 75.7. The molecule has 0 atom stereocenters. The molecule has 19 nitrogen and oxygen atoms in total. The van der Waals surface area contributed by atoms with Crippen molar-refractivity contribution < 1.29 is 95.7 Å². The van der Waals surface area contributed by atoms with Gasteiger partial charge in [-0.2, -0.15) is 0 Å². The van der Waals surface area contributed by atoms with Gasteiger partial charge in [-0.3, -0.25) is 9.59 Å². The summed E-state index contributed by atoms with van der Waals surface area (Å²) in [5, 5.41) is 144. The molecule has 0 bridgehead atoms. The molecule has 0 saturated heterocycles. The second kappa shape index (κ2) is 47.6. The molecule has 19 heteroatoms. The van der Waals surface area contributed by atoms with Gasteiger partial charge in [0.15, 0.2) is 11.6 Å². The van der Waals surface area contributed by atoms with Crippen LogP contribution in [-0.2, 0) is 10.8 Å². The molecule has 0 aliphatic carbocycles. The molecule has 136 heavy (non-hydrogen) atoms. The van der Waals surface area contributed by atoms with Gasteiger partial charge in [-0.15, -0.1) is 0 Å². The van der Waals surface area contributed by atoms with Gasteiger partial charge < -0.3 is 86.1 Å². The molecule has 0 amide bonds. The zero-order valence-corrected chi connectivity index (χ0v) is 81.7. The minimum atomic E-state index is -0.505. The van der Waals surface area contributed by atoms with E-state index in [-0.39, 0.29) is 116 Å². The number of ketones is 2. The fourth-order valence-electron chi connectivity index (χ4n) is 15.4. The van der Waals surface area contributed by atoms with Crippen molar-refractivity contribution in [1.29, 1.82) is 0 Å². The predicted molar refractivity (Wildman–Crippen MR) is 543 cm³/mol. The number of hydrogen-bond donors (Lipinski definition) is 15. The lowest BCUT2D eigenvalue weighted by molar-refractivity contribution is 0.0893. The number of rotatable bonds is 21. The monoisotopic (exact) mass is 1840 g/mol. The number of carbonyl (C=O) groups excluding carboxylic acids is 2. The number of phenols is 15. The van der Waals surface area contributed by atoms with Crippen LogP contribution in [0.5, 0.6) is 97.7 Å². The third-order valence-electron chi connectivity index (χ3n) is 24.5. The Labute approximate surface area is 800 Å². The highest BCUT2D eigenvalue weighted by Crippen LogP contribution is 2.45. The molecule has 14 aromatic carbocycles. The second-order valence-electron chi connectivity index (χ2n) is 36.3. The van der Waals surface area contributed by atoms with Gasteiger partial charge in [-0.05, 0) is 343 Å². The van der Waals surface area contributed by atoms with Crippen LogP contribution < -0.4 is 9.47 Å². The van der Waals surface area contributed by atoms with E-state index in [0.717, 1.165) is 106 Å². The molecule has 0 unspecified atom stereocenters. The fraction of sp³-hybridized carbons (Fsp3) is 0.265. The first-order chi connectivity index (χ1) is 64.0. The van der Waals surface area contributed by atoms with E-state index in [2.05, 4.69) is 81.4 Å². The Hall–Kier alpha value is -15.0. The van der Waals surface area contributed by atoms with Crippen LogP contribution in [0, 0.1) is 62.3 Å². The van der Waals surface area contributed by atoms with Crippen molar-refractivity contribution in [2.75, 3.05) is 13.2 Å². The lowest BCUT2D eigenvalue weighted by Crippen LogP contribution is -2.25. The molecule has 0 spiro atoms. The van der Waals surface area contributed by atoms with Gasteiger partial charge in [0.2, 0.25) is 0 Å². The van der Waals surface area contributed by atoms with Crippen LogP contribution >= 0.6 is 0 Å². The van der Waals surface area contributed by atoms with Crippen molar-refractivity contribution in [3.05, 3.63) is 383 Å². The van der Waals surface area contributed by atoms with E-state index >= 15 is 0 Å². The lowest BCUT2D eigenvalue weighted by atomic mass is 9.70. The lowest BCUT2D eigenvalue weighted by Gasteiger charge is -2.33. The Kier molecular flexibility index (Phi) is 37.2. The Morgan fingerprint density at radius 2 is 0.551 bits per heavy atom. The number of hydrogen-bond acceptors (Lipinski definition) is 19. The Morgan fingerprint density at radius 1 is 0.257 bits per heavy atom. The topological polar surface area (TPSA) is 356 Å². The maximum absolute atomic E-state index is 12.4. The van der Waals surface area contributed by atoms with Gasteiger partial charge in [-0.1, -0.05) is 197 Å². The summed E-state index contributed by atoms with van der Waals surface area (Å²) in [5.41, 5.74) is 21.2. The molecule has 714 valence electrons.